The first kappa shape index (κ1) is 27.6. The number of nitrogens with one attached hydrogen (secondary N) is 2. The summed E-state index contributed by atoms with van der Waals surface area (Å²) in [6.07, 6.45) is 1.02. The number of halogens is 2. The lowest BCUT2D eigenvalue weighted by Gasteiger charge is -2.32. The Hall–Kier alpha value is -4.48. The third-order valence-corrected chi connectivity index (χ3v) is 6.18. The minimum atomic E-state index is -0.946. The summed E-state index contributed by atoms with van der Waals surface area (Å²) in [5.74, 6) is -0.529. The average Bonchev–Trinajstić information content (AvgIpc) is 3.24. The third kappa shape index (κ3) is 6.16. The zero-order chi connectivity index (χ0) is 28.1. The highest BCUT2D eigenvalue weighted by atomic mass is 19.1. The molecular weight excluding hydrogens is 516 g/mol. The number of carbonyl (C=O) groups excluding carboxylic acids is 3. The van der Waals surface area contributed by atoms with Gasteiger partial charge in [-0.15, -0.1) is 0 Å². The van der Waals surface area contributed by atoms with Crippen LogP contribution in [0.1, 0.15) is 11.3 Å². The van der Waals surface area contributed by atoms with E-state index in [1.807, 2.05) is 13.0 Å². The van der Waals surface area contributed by atoms with Crippen molar-refractivity contribution in [2.24, 2.45) is 0 Å². The number of nitrogens with zero attached hydrogens (tertiary/aromatic N) is 3. The molecule has 1 aliphatic heterocycles. The smallest absolute Gasteiger partial charge is 0.409 e. The van der Waals surface area contributed by atoms with Crippen molar-refractivity contribution in [2.45, 2.75) is 19.4 Å². The first-order valence-electron chi connectivity index (χ1n) is 12.0. The predicted octanol–water partition coefficient (Wildman–Crippen LogP) is 3.08. The Morgan fingerprint density at radius 3 is 2.62 bits per heavy atom. The molecule has 1 fully saturated rings. The molecule has 2 aromatic heterocycles. The predicted molar refractivity (Wildman–Crippen MR) is 136 cm³/mol. The molecule has 0 unspecified atom stereocenters. The number of methoxy groups -OCH3 is 2. The van der Waals surface area contributed by atoms with Crippen molar-refractivity contribution in [3.8, 4) is 11.3 Å². The van der Waals surface area contributed by atoms with E-state index in [2.05, 4.69) is 15.6 Å². The molecule has 0 spiro atoms. The minimum Gasteiger partial charge on any atom is -0.488 e. The molecule has 0 radical (unpaired) electrons. The van der Waals surface area contributed by atoms with Gasteiger partial charge < -0.3 is 34.1 Å². The van der Waals surface area contributed by atoms with Gasteiger partial charge in [-0.2, -0.15) is 0 Å². The summed E-state index contributed by atoms with van der Waals surface area (Å²) in [6, 6.07) is 4.77. The Morgan fingerprint density at radius 1 is 1.21 bits per heavy atom. The molecule has 1 saturated heterocycles. The second kappa shape index (κ2) is 11.9. The molecule has 1 atom stereocenters. The lowest BCUT2D eigenvalue weighted by atomic mass is 10.0. The summed E-state index contributed by atoms with van der Waals surface area (Å²) in [6.45, 7) is 2.50. The van der Waals surface area contributed by atoms with Gasteiger partial charge in [0.15, 0.2) is 11.7 Å². The standard InChI is InChI=1S/C26H27F2N5O6/c1-15-4-5-33-21(11-17-13-32(6-7-39-17)26(36)38-3)24(31-22(33)8-15)23-19(27)9-16(10-20(23)28)30-25(35)29-12-18(14-34)37-2/h4-5,8-10,17H,6-7,11-13H2,1-3H3,(H2,29,30,35)/t17-/m0/s1. The van der Waals surface area contributed by atoms with Gasteiger partial charge in [-0.25, -0.2) is 28.1 Å². The maximum atomic E-state index is 15.4. The Kier molecular flexibility index (Phi) is 8.43. The fourth-order valence-electron chi connectivity index (χ4n) is 4.30. The van der Waals surface area contributed by atoms with Gasteiger partial charge in [-0.1, -0.05) is 0 Å². The highest BCUT2D eigenvalue weighted by molar-refractivity contribution is 5.90. The molecule has 1 aliphatic rings. The molecule has 3 aromatic rings. The number of carbonyl (C=O) groups is 2. The summed E-state index contributed by atoms with van der Waals surface area (Å²) >= 11 is 0. The number of rotatable bonds is 7. The summed E-state index contributed by atoms with van der Waals surface area (Å²) in [5, 5.41) is 4.64. The van der Waals surface area contributed by atoms with Crippen LogP contribution in [-0.4, -0.2) is 78.9 Å². The highest BCUT2D eigenvalue weighted by Gasteiger charge is 2.29. The zero-order valence-corrected chi connectivity index (χ0v) is 21.5. The lowest BCUT2D eigenvalue weighted by Crippen LogP contribution is -2.46. The molecule has 13 heteroatoms. The Bertz CT molecular complexity index is 1430. The van der Waals surface area contributed by atoms with Crippen LogP contribution >= 0.6 is 0 Å². The average molecular weight is 544 g/mol. The van der Waals surface area contributed by atoms with Crippen LogP contribution in [0.25, 0.3) is 16.9 Å². The molecule has 2 N–H and O–H groups in total. The fourth-order valence-corrected chi connectivity index (χ4v) is 4.30. The van der Waals surface area contributed by atoms with E-state index < -0.39 is 29.9 Å². The molecule has 39 heavy (non-hydrogen) atoms. The number of aromatic nitrogens is 2. The van der Waals surface area contributed by atoms with Crippen molar-refractivity contribution >= 4 is 29.4 Å². The van der Waals surface area contributed by atoms with E-state index >= 15 is 8.78 Å². The molecule has 0 bridgehead atoms. The van der Waals surface area contributed by atoms with E-state index in [4.69, 9.17) is 14.2 Å². The van der Waals surface area contributed by atoms with Crippen LogP contribution in [-0.2, 0) is 25.4 Å². The monoisotopic (exact) mass is 543 g/mol. The number of anilines is 1. The van der Waals surface area contributed by atoms with Crippen molar-refractivity contribution in [3.63, 3.8) is 0 Å². The van der Waals surface area contributed by atoms with Gasteiger partial charge in [-0.05, 0) is 36.8 Å². The SMILES string of the molecule is COC(=O)N1CCO[C@@H](Cc2c(-c3c(F)cc(NC(=O)NCC(=C=O)OC)cc3F)nc3cc(C)ccn23)C1. The number of aryl methyl sites for hydroxylation is 1. The van der Waals surface area contributed by atoms with Crippen molar-refractivity contribution in [3.05, 3.63) is 59.1 Å². The van der Waals surface area contributed by atoms with Crippen LogP contribution in [0.3, 0.4) is 0 Å². The number of amides is 3. The maximum absolute atomic E-state index is 15.4. The van der Waals surface area contributed by atoms with Crippen LogP contribution < -0.4 is 10.6 Å². The summed E-state index contributed by atoms with van der Waals surface area (Å²) in [4.78, 5) is 40.8. The first-order valence-corrected chi connectivity index (χ1v) is 12.0. The van der Waals surface area contributed by atoms with Crippen LogP contribution in [0.2, 0.25) is 0 Å². The Balaban J connectivity index is 1.65. The summed E-state index contributed by atoms with van der Waals surface area (Å²) in [7, 11) is 2.54. The van der Waals surface area contributed by atoms with Crippen LogP contribution in [0.15, 0.2) is 36.2 Å². The number of fused-ring (bicyclic) bond motifs is 1. The van der Waals surface area contributed by atoms with Crippen LogP contribution in [0.4, 0.5) is 24.1 Å². The number of morpholine rings is 1. The number of ether oxygens (including phenoxy) is 3. The quantitative estimate of drug-likeness (QED) is 0.347. The molecule has 0 aliphatic carbocycles. The van der Waals surface area contributed by atoms with E-state index in [1.165, 1.54) is 25.1 Å². The molecule has 11 nitrogen and oxygen atoms in total. The van der Waals surface area contributed by atoms with Gasteiger partial charge in [0.05, 0.1) is 57.0 Å². The number of hydrogen-bond acceptors (Lipinski definition) is 7. The van der Waals surface area contributed by atoms with Crippen molar-refractivity contribution in [2.75, 3.05) is 45.8 Å². The van der Waals surface area contributed by atoms with Gasteiger partial charge in [0.1, 0.15) is 17.3 Å². The number of urea groups is 1. The number of pyridine rings is 1. The molecule has 3 amide bonds. The second-order valence-corrected chi connectivity index (χ2v) is 8.80. The Morgan fingerprint density at radius 2 is 1.95 bits per heavy atom. The van der Waals surface area contributed by atoms with Crippen molar-refractivity contribution in [1.82, 2.24) is 19.6 Å². The maximum Gasteiger partial charge on any atom is 0.409 e. The number of hydrogen-bond donors (Lipinski definition) is 2. The van der Waals surface area contributed by atoms with E-state index in [-0.39, 0.29) is 48.8 Å². The number of benzene rings is 1. The molecule has 3 heterocycles. The minimum absolute atomic E-state index is 0.0752. The fraction of sp³-hybridized carbons (Fsp3) is 0.346. The lowest BCUT2D eigenvalue weighted by molar-refractivity contribution is -0.0241. The van der Waals surface area contributed by atoms with Gasteiger partial charge in [0, 0.05) is 24.8 Å². The van der Waals surface area contributed by atoms with Crippen molar-refractivity contribution in [1.29, 1.82) is 0 Å². The van der Waals surface area contributed by atoms with Gasteiger partial charge in [-0.3, -0.25) is 0 Å². The molecule has 4 rings (SSSR count). The van der Waals surface area contributed by atoms with E-state index in [9.17, 15) is 14.4 Å². The molecule has 1 aromatic carbocycles. The van der Waals surface area contributed by atoms with E-state index in [0.717, 1.165) is 17.7 Å². The highest BCUT2D eigenvalue weighted by Crippen LogP contribution is 2.33. The van der Waals surface area contributed by atoms with E-state index in [0.29, 0.717) is 17.9 Å². The van der Waals surface area contributed by atoms with Gasteiger partial charge >= 0.3 is 12.1 Å². The Labute approximate surface area is 222 Å². The largest absolute Gasteiger partial charge is 0.488 e. The second-order valence-electron chi connectivity index (χ2n) is 8.80. The zero-order valence-electron chi connectivity index (χ0n) is 21.5. The first-order chi connectivity index (χ1) is 18.7. The summed E-state index contributed by atoms with van der Waals surface area (Å²) in [5.41, 5.74) is 1.44. The van der Waals surface area contributed by atoms with Crippen LogP contribution in [0.5, 0.6) is 0 Å². The summed E-state index contributed by atoms with van der Waals surface area (Å²) < 4.78 is 47.9. The molecule has 0 saturated carbocycles. The van der Waals surface area contributed by atoms with E-state index in [1.54, 1.807) is 16.7 Å². The topological polar surface area (TPSA) is 124 Å². The van der Waals surface area contributed by atoms with Gasteiger partial charge in [0.2, 0.25) is 0 Å². The van der Waals surface area contributed by atoms with Crippen LogP contribution in [0, 0.1) is 18.6 Å². The third-order valence-electron chi connectivity index (χ3n) is 6.18. The number of imidazole rings is 1. The molecule has 206 valence electrons. The molecular formula is C26H27F2N5O6. The van der Waals surface area contributed by atoms with Gasteiger partial charge in [0.25, 0.3) is 0 Å². The normalized spacial score (nSPS) is 15.0. The van der Waals surface area contributed by atoms with Crippen molar-refractivity contribution < 1.29 is 37.4 Å².